The number of hydrogen-bond acceptors (Lipinski definition) is 5. The van der Waals surface area contributed by atoms with Crippen molar-refractivity contribution in [1.82, 2.24) is 4.90 Å². The van der Waals surface area contributed by atoms with Gasteiger partial charge < -0.3 is 21.1 Å². The molecule has 8 nitrogen and oxygen atoms in total. The van der Waals surface area contributed by atoms with Crippen molar-refractivity contribution in [2.75, 3.05) is 32.1 Å². The number of nitrogen functional groups attached to an aromatic ring is 1. The van der Waals surface area contributed by atoms with Crippen LogP contribution >= 0.6 is 0 Å². The fourth-order valence-electron chi connectivity index (χ4n) is 4.24. The smallest absolute Gasteiger partial charge is 0.258 e. The number of ether oxygens (including phenoxy) is 1. The number of carbonyl (C=O) groups is 2. The van der Waals surface area contributed by atoms with E-state index in [1.807, 2.05) is 7.05 Å². The summed E-state index contributed by atoms with van der Waals surface area (Å²) >= 11 is 0. The van der Waals surface area contributed by atoms with Crippen LogP contribution in [-0.4, -0.2) is 55.8 Å². The van der Waals surface area contributed by atoms with Crippen LogP contribution in [0.5, 0.6) is 5.75 Å². The highest BCUT2D eigenvalue weighted by molar-refractivity contribution is 6.10. The van der Waals surface area contributed by atoms with Crippen molar-refractivity contribution in [2.45, 2.75) is 31.7 Å². The molecule has 2 aromatic rings. The van der Waals surface area contributed by atoms with Gasteiger partial charge in [-0.15, -0.1) is 0 Å². The average Bonchev–Trinajstić information content (AvgIpc) is 2.86. The molecule has 0 spiro atoms. The molecule has 3 rings (SSSR count). The second-order valence-corrected chi connectivity index (χ2v) is 8.50. The largest absolute Gasteiger partial charge is 0.497 e. The van der Waals surface area contributed by atoms with Crippen molar-refractivity contribution in [3.05, 3.63) is 59.7 Å². The Labute approximate surface area is 195 Å². The summed E-state index contributed by atoms with van der Waals surface area (Å²) in [6.07, 6.45) is 3.86. The lowest BCUT2D eigenvalue weighted by molar-refractivity contribution is -0.131. The maximum Gasteiger partial charge on any atom is 0.258 e. The first-order chi connectivity index (χ1) is 15.8. The van der Waals surface area contributed by atoms with Crippen LogP contribution in [0, 0.1) is 11.3 Å². The number of amides is 2. The predicted octanol–water partition coefficient (Wildman–Crippen LogP) is 2.60. The van der Waals surface area contributed by atoms with Gasteiger partial charge in [0, 0.05) is 29.9 Å². The Hall–Kier alpha value is -3.39. The molecule has 33 heavy (non-hydrogen) atoms. The number of nitrogens with two attached hydrogens (primary N) is 2. The van der Waals surface area contributed by atoms with E-state index in [2.05, 4.69) is 0 Å². The van der Waals surface area contributed by atoms with Gasteiger partial charge in [0.2, 0.25) is 5.91 Å². The van der Waals surface area contributed by atoms with Crippen molar-refractivity contribution in [3.8, 4) is 5.75 Å². The number of anilines is 1. The maximum absolute atomic E-state index is 13.5. The number of nitrogens with zero attached hydrogens (tertiary/aromatic N) is 2. The van der Waals surface area contributed by atoms with E-state index in [1.165, 1.54) is 4.90 Å². The molecule has 1 aliphatic rings. The Morgan fingerprint density at radius 1 is 1.06 bits per heavy atom. The minimum atomic E-state index is -0.336. The summed E-state index contributed by atoms with van der Waals surface area (Å²) in [7, 11) is 3.38. The predicted molar refractivity (Wildman–Crippen MR) is 130 cm³/mol. The van der Waals surface area contributed by atoms with Gasteiger partial charge in [-0.1, -0.05) is 12.1 Å². The number of carbonyl (C=O) groups excluding carboxylic acids is 2. The maximum atomic E-state index is 13.5. The number of benzene rings is 2. The fraction of sp³-hybridized carbons (Fsp3) is 0.400. The minimum Gasteiger partial charge on any atom is -0.497 e. The first-order valence-corrected chi connectivity index (χ1v) is 11.2. The molecule has 0 unspecified atom stereocenters. The molecule has 1 fully saturated rings. The first kappa shape index (κ1) is 24.3. The zero-order chi connectivity index (χ0) is 24.0. The van der Waals surface area contributed by atoms with Crippen LogP contribution in [0.3, 0.4) is 0 Å². The number of hydrogen-bond donors (Lipinski definition) is 3. The molecule has 1 aliphatic carbocycles. The number of likely N-dealkylation sites (N-methyl/N-ethyl adjacent to an activating group) is 1. The molecule has 0 aromatic heterocycles. The third-order valence-corrected chi connectivity index (χ3v) is 6.43. The molecule has 0 atom stereocenters. The molecule has 5 N–H and O–H groups in total. The zero-order valence-electron chi connectivity index (χ0n) is 19.3. The van der Waals surface area contributed by atoms with Crippen LogP contribution < -0.4 is 21.1 Å². The van der Waals surface area contributed by atoms with Crippen LogP contribution in [-0.2, 0) is 4.79 Å². The van der Waals surface area contributed by atoms with E-state index in [-0.39, 0.29) is 30.2 Å². The summed E-state index contributed by atoms with van der Waals surface area (Å²) in [6, 6.07) is 13.8. The number of rotatable bonds is 8. The van der Waals surface area contributed by atoms with Gasteiger partial charge in [-0.25, -0.2) is 0 Å². The molecule has 2 aromatic carbocycles. The highest BCUT2D eigenvalue weighted by Crippen LogP contribution is 2.27. The summed E-state index contributed by atoms with van der Waals surface area (Å²) < 4.78 is 5.23. The van der Waals surface area contributed by atoms with Gasteiger partial charge in [0.25, 0.3) is 5.91 Å². The third kappa shape index (κ3) is 5.90. The monoisotopic (exact) mass is 451 g/mol. The van der Waals surface area contributed by atoms with Gasteiger partial charge in [-0.3, -0.25) is 19.9 Å². The van der Waals surface area contributed by atoms with Gasteiger partial charge in [-0.2, -0.15) is 0 Å². The molecule has 8 heteroatoms. The van der Waals surface area contributed by atoms with E-state index < -0.39 is 0 Å². The molecule has 0 saturated heterocycles. The number of amidine groups is 1. The van der Waals surface area contributed by atoms with Gasteiger partial charge in [0.15, 0.2) is 0 Å². The van der Waals surface area contributed by atoms with Crippen molar-refractivity contribution >= 4 is 23.3 Å². The first-order valence-electron chi connectivity index (χ1n) is 11.2. The lowest BCUT2D eigenvalue weighted by Crippen LogP contribution is -2.46. The molecular weight excluding hydrogens is 418 g/mol. The molecule has 0 radical (unpaired) electrons. The van der Waals surface area contributed by atoms with Gasteiger partial charge in [-0.05, 0) is 74.5 Å². The standard InChI is InChI=1S/C25H33N5O3/c1-29(20-8-6-17(15-26)7-9-20)23(31)16-30(21-10-12-22(33-2)13-11-21)25(32)19-5-3-4-18(14-19)24(27)28/h3-5,10-14,17,20H,6-9,15-16,26H2,1-2H3,(H3,27,28). The fourth-order valence-corrected chi connectivity index (χ4v) is 4.24. The second kappa shape index (κ2) is 11.0. The van der Waals surface area contributed by atoms with Crippen molar-refractivity contribution < 1.29 is 14.3 Å². The Balaban J connectivity index is 1.84. The van der Waals surface area contributed by atoms with Crippen LogP contribution in [0.15, 0.2) is 48.5 Å². The minimum absolute atomic E-state index is 0.0945. The Bertz CT molecular complexity index is 984. The molecule has 176 valence electrons. The van der Waals surface area contributed by atoms with Crippen molar-refractivity contribution in [1.29, 1.82) is 5.41 Å². The summed E-state index contributed by atoms with van der Waals surface area (Å²) in [6.45, 7) is 0.590. The summed E-state index contributed by atoms with van der Waals surface area (Å²) in [5, 5.41) is 7.67. The Morgan fingerprint density at radius 2 is 1.70 bits per heavy atom. The lowest BCUT2D eigenvalue weighted by Gasteiger charge is -2.35. The third-order valence-electron chi connectivity index (χ3n) is 6.43. The number of methoxy groups -OCH3 is 1. The van der Waals surface area contributed by atoms with E-state index >= 15 is 0 Å². The Kier molecular flexibility index (Phi) is 8.06. The molecular formula is C25H33N5O3. The molecule has 0 bridgehead atoms. The Morgan fingerprint density at radius 3 is 2.27 bits per heavy atom. The summed E-state index contributed by atoms with van der Waals surface area (Å²) in [4.78, 5) is 30.0. The zero-order valence-corrected chi connectivity index (χ0v) is 19.3. The number of nitrogens with one attached hydrogen (secondary N) is 1. The average molecular weight is 452 g/mol. The van der Waals surface area contributed by atoms with Gasteiger partial charge in [0.1, 0.15) is 18.1 Å². The topological polar surface area (TPSA) is 126 Å². The normalized spacial score (nSPS) is 17.8. The molecule has 0 heterocycles. The SMILES string of the molecule is COc1ccc(N(CC(=O)N(C)C2CCC(CN)CC2)C(=O)c2cccc(C(=N)N)c2)cc1. The van der Waals surface area contributed by atoms with Crippen LogP contribution in [0.4, 0.5) is 5.69 Å². The van der Waals surface area contributed by atoms with E-state index in [0.717, 1.165) is 25.7 Å². The van der Waals surface area contributed by atoms with E-state index in [4.69, 9.17) is 21.6 Å². The van der Waals surface area contributed by atoms with E-state index in [1.54, 1.807) is 60.5 Å². The highest BCUT2D eigenvalue weighted by atomic mass is 16.5. The van der Waals surface area contributed by atoms with Crippen LogP contribution in [0.25, 0.3) is 0 Å². The van der Waals surface area contributed by atoms with E-state index in [0.29, 0.717) is 35.0 Å². The quantitative estimate of drug-likeness (QED) is 0.420. The molecule has 2 amide bonds. The van der Waals surface area contributed by atoms with Gasteiger partial charge in [0.05, 0.1) is 7.11 Å². The van der Waals surface area contributed by atoms with Crippen molar-refractivity contribution in [3.63, 3.8) is 0 Å². The highest BCUT2D eigenvalue weighted by Gasteiger charge is 2.29. The van der Waals surface area contributed by atoms with Crippen molar-refractivity contribution in [2.24, 2.45) is 17.4 Å². The molecule has 1 saturated carbocycles. The lowest BCUT2D eigenvalue weighted by atomic mass is 9.85. The van der Waals surface area contributed by atoms with Crippen LogP contribution in [0.2, 0.25) is 0 Å². The van der Waals surface area contributed by atoms with Gasteiger partial charge >= 0.3 is 0 Å². The molecule has 0 aliphatic heterocycles. The van der Waals surface area contributed by atoms with E-state index in [9.17, 15) is 9.59 Å². The second-order valence-electron chi connectivity index (χ2n) is 8.50. The summed E-state index contributed by atoms with van der Waals surface area (Å²) in [5.74, 6) is 0.597. The van der Waals surface area contributed by atoms with Crippen LogP contribution in [0.1, 0.15) is 41.6 Å². The summed E-state index contributed by atoms with van der Waals surface area (Å²) in [5.41, 5.74) is 12.8.